The standard InChI is InChI=1S/C21H23N3O3S/c1-16(2)27-20-9-11-21(12-10-20)28(25,26)24-19-7-5-18(6-8-19)23-15-17-4-3-13-22-14-17/h3-14,16,23-24H,15H2,1-2H3. The molecule has 0 atom stereocenters. The van der Waals surface area contributed by atoms with Crippen molar-refractivity contribution in [2.24, 2.45) is 0 Å². The van der Waals surface area contributed by atoms with Gasteiger partial charge in [0, 0.05) is 30.3 Å². The molecule has 0 aliphatic rings. The summed E-state index contributed by atoms with van der Waals surface area (Å²) in [6.07, 6.45) is 3.56. The van der Waals surface area contributed by atoms with Gasteiger partial charge in [0.25, 0.3) is 10.0 Å². The van der Waals surface area contributed by atoms with Gasteiger partial charge in [-0.25, -0.2) is 8.42 Å². The third-order valence-corrected chi connectivity index (χ3v) is 5.26. The first-order valence-electron chi connectivity index (χ1n) is 8.95. The summed E-state index contributed by atoms with van der Waals surface area (Å²) in [5, 5.41) is 3.27. The van der Waals surface area contributed by atoms with Gasteiger partial charge in [0.1, 0.15) is 5.75 Å². The van der Waals surface area contributed by atoms with Crippen LogP contribution in [-0.4, -0.2) is 19.5 Å². The maximum atomic E-state index is 12.6. The van der Waals surface area contributed by atoms with Crippen molar-refractivity contribution in [1.29, 1.82) is 0 Å². The van der Waals surface area contributed by atoms with Crippen LogP contribution in [0.15, 0.2) is 78.0 Å². The molecule has 0 amide bonds. The van der Waals surface area contributed by atoms with Crippen LogP contribution < -0.4 is 14.8 Å². The third kappa shape index (κ3) is 5.47. The van der Waals surface area contributed by atoms with E-state index in [1.54, 1.807) is 36.7 Å². The van der Waals surface area contributed by atoms with E-state index in [1.807, 2.05) is 38.1 Å². The molecule has 0 aliphatic heterocycles. The molecule has 0 spiro atoms. The average molecular weight is 398 g/mol. The molecule has 28 heavy (non-hydrogen) atoms. The van der Waals surface area contributed by atoms with Crippen molar-refractivity contribution in [2.75, 3.05) is 10.0 Å². The lowest BCUT2D eigenvalue weighted by molar-refractivity contribution is 0.242. The van der Waals surface area contributed by atoms with Gasteiger partial charge in [-0.05, 0) is 74.0 Å². The van der Waals surface area contributed by atoms with Gasteiger partial charge in [0.2, 0.25) is 0 Å². The Hall–Kier alpha value is -3.06. The van der Waals surface area contributed by atoms with Crippen LogP contribution in [0.4, 0.5) is 11.4 Å². The molecule has 0 saturated heterocycles. The monoisotopic (exact) mass is 397 g/mol. The lowest BCUT2D eigenvalue weighted by Gasteiger charge is -2.12. The van der Waals surface area contributed by atoms with E-state index in [4.69, 9.17) is 4.74 Å². The molecule has 146 valence electrons. The summed E-state index contributed by atoms with van der Waals surface area (Å²) >= 11 is 0. The number of benzene rings is 2. The number of pyridine rings is 1. The maximum Gasteiger partial charge on any atom is 0.261 e. The summed E-state index contributed by atoms with van der Waals surface area (Å²) in [5.74, 6) is 0.637. The van der Waals surface area contributed by atoms with Gasteiger partial charge < -0.3 is 10.1 Å². The second-order valence-electron chi connectivity index (χ2n) is 6.54. The van der Waals surface area contributed by atoms with Gasteiger partial charge in [0.15, 0.2) is 0 Å². The Morgan fingerprint density at radius 3 is 2.25 bits per heavy atom. The smallest absolute Gasteiger partial charge is 0.261 e. The van der Waals surface area contributed by atoms with Gasteiger partial charge in [-0.15, -0.1) is 0 Å². The molecule has 1 heterocycles. The summed E-state index contributed by atoms with van der Waals surface area (Å²) in [7, 11) is -3.66. The van der Waals surface area contributed by atoms with Crippen molar-refractivity contribution in [3.8, 4) is 5.75 Å². The zero-order valence-corrected chi connectivity index (χ0v) is 16.6. The fourth-order valence-electron chi connectivity index (χ4n) is 2.55. The normalized spacial score (nSPS) is 11.2. The molecule has 2 aromatic carbocycles. The Balaban J connectivity index is 1.62. The minimum absolute atomic E-state index is 0.0332. The van der Waals surface area contributed by atoms with Crippen LogP contribution in [0, 0.1) is 0 Å². The Bertz CT molecular complexity index is 987. The highest BCUT2D eigenvalue weighted by Crippen LogP contribution is 2.21. The van der Waals surface area contributed by atoms with E-state index >= 15 is 0 Å². The van der Waals surface area contributed by atoms with E-state index in [2.05, 4.69) is 15.0 Å². The number of rotatable bonds is 8. The summed E-state index contributed by atoms with van der Waals surface area (Å²) in [6.45, 7) is 4.48. The predicted octanol–water partition coefficient (Wildman–Crippen LogP) is 4.28. The molecule has 2 N–H and O–H groups in total. The number of aromatic nitrogens is 1. The zero-order chi connectivity index (χ0) is 20.0. The van der Waals surface area contributed by atoms with Gasteiger partial charge in [-0.1, -0.05) is 6.07 Å². The van der Waals surface area contributed by atoms with E-state index in [1.165, 1.54) is 12.1 Å². The largest absolute Gasteiger partial charge is 0.491 e. The van der Waals surface area contributed by atoms with Crippen molar-refractivity contribution in [3.05, 3.63) is 78.6 Å². The molecular formula is C21H23N3O3S. The molecule has 0 saturated carbocycles. The molecule has 0 aliphatic carbocycles. The van der Waals surface area contributed by atoms with Gasteiger partial charge >= 0.3 is 0 Å². The number of ether oxygens (including phenoxy) is 1. The molecule has 6 nitrogen and oxygen atoms in total. The molecule has 3 aromatic rings. The van der Waals surface area contributed by atoms with Crippen LogP contribution >= 0.6 is 0 Å². The van der Waals surface area contributed by atoms with Gasteiger partial charge in [0.05, 0.1) is 11.0 Å². The fourth-order valence-corrected chi connectivity index (χ4v) is 3.61. The first kappa shape index (κ1) is 19.7. The lowest BCUT2D eigenvalue weighted by Crippen LogP contribution is -2.13. The number of nitrogens with one attached hydrogen (secondary N) is 2. The van der Waals surface area contributed by atoms with Crippen molar-refractivity contribution >= 4 is 21.4 Å². The van der Waals surface area contributed by atoms with E-state index in [0.717, 1.165) is 11.3 Å². The zero-order valence-electron chi connectivity index (χ0n) is 15.8. The Morgan fingerprint density at radius 2 is 1.64 bits per heavy atom. The van der Waals surface area contributed by atoms with Crippen LogP contribution in [0.25, 0.3) is 0 Å². The Labute approximate surface area is 165 Å². The van der Waals surface area contributed by atoms with Crippen LogP contribution in [0.5, 0.6) is 5.75 Å². The average Bonchev–Trinajstić information content (AvgIpc) is 2.68. The van der Waals surface area contributed by atoms with Crippen molar-refractivity contribution in [3.63, 3.8) is 0 Å². The van der Waals surface area contributed by atoms with E-state index in [0.29, 0.717) is 18.0 Å². The number of hydrogen-bond donors (Lipinski definition) is 2. The number of anilines is 2. The summed E-state index contributed by atoms with van der Waals surface area (Å²) < 4.78 is 33.2. The van der Waals surface area contributed by atoms with Crippen LogP contribution in [0.3, 0.4) is 0 Å². The molecule has 0 fully saturated rings. The second-order valence-corrected chi connectivity index (χ2v) is 8.22. The SMILES string of the molecule is CC(C)Oc1ccc(S(=O)(=O)Nc2ccc(NCc3cccnc3)cc2)cc1. The minimum atomic E-state index is -3.66. The topological polar surface area (TPSA) is 80.3 Å². The van der Waals surface area contributed by atoms with Crippen molar-refractivity contribution in [2.45, 2.75) is 31.4 Å². The number of hydrogen-bond acceptors (Lipinski definition) is 5. The first-order valence-corrected chi connectivity index (χ1v) is 10.4. The number of nitrogens with zero attached hydrogens (tertiary/aromatic N) is 1. The highest BCUT2D eigenvalue weighted by molar-refractivity contribution is 7.92. The van der Waals surface area contributed by atoms with Crippen molar-refractivity contribution in [1.82, 2.24) is 4.98 Å². The lowest BCUT2D eigenvalue weighted by atomic mass is 10.2. The van der Waals surface area contributed by atoms with Crippen molar-refractivity contribution < 1.29 is 13.2 Å². The van der Waals surface area contributed by atoms with E-state index < -0.39 is 10.0 Å². The summed E-state index contributed by atoms with van der Waals surface area (Å²) in [6, 6.07) is 17.3. The Morgan fingerprint density at radius 1 is 0.964 bits per heavy atom. The molecule has 0 bridgehead atoms. The van der Waals surface area contributed by atoms with E-state index in [-0.39, 0.29) is 11.0 Å². The Kier molecular flexibility index (Phi) is 6.16. The molecular weight excluding hydrogens is 374 g/mol. The predicted molar refractivity (Wildman–Crippen MR) is 111 cm³/mol. The molecule has 1 aromatic heterocycles. The molecule has 0 unspecified atom stereocenters. The van der Waals surface area contributed by atoms with Crippen LogP contribution in [0.2, 0.25) is 0 Å². The maximum absolute atomic E-state index is 12.6. The van der Waals surface area contributed by atoms with Gasteiger partial charge in [-0.3, -0.25) is 9.71 Å². The molecule has 0 radical (unpaired) electrons. The highest BCUT2D eigenvalue weighted by Gasteiger charge is 2.14. The fraction of sp³-hybridized carbons (Fsp3) is 0.190. The quantitative estimate of drug-likeness (QED) is 0.593. The van der Waals surface area contributed by atoms with Gasteiger partial charge in [-0.2, -0.15) is 0 Å². The second kappa shape index (κ2) is 8.75. The molecule has 3 rings (SSSR count). The van der Waals surface area contributed by atoms with E-state index in [9.17, 15) is 8.42 Å². The van der Waals surface area contributed by atoms with Crippen LogP contribution in [0.1, 0.15) is 19.4 Å². The molecule has 7 heteroatoms. The first-order chi connectivity index (χ1) is 13.4. The summed E-state index contributed by atoms with van der Waals surface area (Å²) in [4.78, 5) is 4.26. The summed E-state index contributed by atoms with van der Waals surface area (Å²) in [5.41, 5.74) is 2.45. The third-order valence-electron chi connectivity index (χ3n) is 3.86. The minimum Gasteiger partial charge on any atom is -0.491 e. The van der Waals surface area contributed by atoms with Crippen LogP contribution in [-0.2, 0) is 16.6 Å². The highest BCUT2D eigenvalue weighted by atomic mass is 32.2. The number of sulfonamides is 1.